The second-order valence-electron chi connectivity index (χ2n) is 2.89. The van der Waals surface area contributed by atoms with E-state index < -0.39 is 0 Å². The molecule has 0 bridgehead atoms. The van der Waals surface area contributed by atoms with Crippen LogP contribution < -0.4 is 5.73 Å². The van der Waals surface area contributed by atoms with Crippen LogP contribution in [0.3, 0.4) is 0 Å². The molecule has 1 unspecified atom stereocenters. The maximum Gasteiger partial charge on any atom is 0.180 e. The van der Waals surface area contributed by atoms with E-state index in [4.69, 9.17) is 5.73 Å². The average molecular weight is 207 g/mol. The van der Waals surface area contributed by atoms with Crippen LogP contribution in [0.2, 0.25) is 0 Å². The molecule has 1 rings (SSSR count). The van der Waals surface area contributed by atoms with Crippen molar-refractivity contribution in [2.75, 3.05) is 5.73 Å². The number of halogens is 1. The van der Waals surface area contributed by atoms with E-state index >= 15 is 0 Å². The minimum atomic E-state index is 0. The molecule has 0 aliphatic carbocycles. The first-order valence-electron chi connectivity index (χ1n) is 3.92. The molecule has 0 aliphatic rings. The predicted molar refractivity (Wildman–Crippen MR) is 56.9 cm³/mol. The summed E-state index contributed by atoms with van der Waals surface area (Å²) in [5.74, 6) is 0.719. The van der Waals surface area contributed by atoms with Crippen molar-refractivity contribution in [3.05, 3.63) is 11.1 Å². The highest BCUT2D eigenvalue weighted by Crippen LogP contribution is 2.15. The molecule has 2 nitrogen and oxygen atoms in total. The molecular formula is C8H15ClN2S. The van der Waals surface area contributed by atoms with Crippen molar-refractivity contribution in [1.29, 1.82) is 0 Å². The van der Waals surface area contributed by atoms with Gasteiger partial charge in [-0.25, -0.2) is 4.98 Å². The summed E-state index contributed by atoms with van der Waals surface area (Å²) in [6, 6.07) is 0. The van der Waals surface area contributed by atoms with Gasteiger partial charge in [0.25, 0.3) is 0 Å². The molecular weight excluding hydrogens is 192 g/mol. The predicted octanol–water partition coefficient (Wildman–Crippen LogP) is 2.74. The van der Waals surface area contributed by atoms with Gasteiger partial charge >= 0.3 is 0 Å². The Morgan fingerprint density at radius 2 is 2.33 bits per heavy atom. The molecule has 0 aromatic carbocycles. The number of hydrogen-bond donors (Lipinski definition) is 1. The zero-order valence-electron chi connectivity index (χ0n) is 7.41. The fraction of sp³-hybridized carbons (Fsp3) is 0.625. The molecule has 1 heterocycles. The lowest BCUT2D eigenvalue weighted by Gasteiger charge is -2.03. The van der Waals surface area contributed by atoms with E-state index in [9.17, 15) is 0 Å². The van der Waals surface area contributed by atoms with Gasteiger partial charge in [-0.15, -0.1) is 23.7 Å². The lowest BCUT2D eigenvalue weighted by atomic mass is 10.0. The van der Waals surface area contributed by atoms with Gasteiger partial charge in [-0.3, -0.25) is 0 Å². The molecule has 0 amide bonds. The highest BCUT2D eigenvalue weighted by Gasteiger charge is 2.03. The quantitative estimate of drug-likeness (QED) is 0.826. The van der Waals surface area contributed by atoms with E-state index in [1.165, 1.54) is 17.8 Å². The fourth-order valence-corrected chi connectivity index (χ4v) is 1.49. The van der Waals surface area contributed by atoms with Crippen molar-refractivity contribution >= 4 is 28.9 Å². The molecule has 1 aromatic heterocycles. The second-order valence-corrected chi connectivity index (χ2v) is 3.78. The number of thiazole rings is 1. The van der Waals surface area contributed by atoms with Crippen LogP contribution >= 0.6 is 23.7 Å². The third kappa shape index (κ3) is 3.41. The van der Waals surface area contributed by atoms with Crippen LogP contribution in [-0.4, -0.2) is 4.98 Å². The Labute approximate surface area is 83.6 Å². The molecule has 2 N–H and O–H groups in total. The average Bonchev–Trinajstić information content (AvgIpc) is 2.35. The van der Waals surface area contributed by atoms with E-state index in [0.29, 0.717) is 5.13 Å². The first kappa shape index (κ1) is 11.7. The Hall–Kier alpha value is -0.280. The maximum atomic E-state index is 5.50. The van der Waals surface area contributed by atoms with Crippen molar-refractivity contribution in [2.45, 2.75) is 26.7 Å². The Kier molecular flexibility index (Phi) is 5.25. The van der Waals surface area contributed by atoms with Crippen LogP contribution in [0.25, 0.3) is 0 Å². The number of nitrogen functional groups attached to an aromatic ring is 1. The van der Waals surface area contributed by atoms with Crippen molar-refractivity contribution in [1.82, 2.24) is 4.98 Å². The lowest BCUT2D eigenvalue weighted by Crippen LogP contribution is -1.98. The zero-order valence-corrected chi connectivity index (χ0v) is 9.04. The Morgan fingerprint density at radius 3 is 2.75 bits per heavy atom. The van der Waals surface area contributed by atoms with Gasteiger partial charge in [0, 0.05) is 5.38 Å². The van der Waals surface area contributed by atoms with Crippen LogP contribution in [0, 0.1) is 5.92 Å². The van der Waals surface area contributed by atoms with Crippen LogP contribution in [0.15, 0.2) is 5.38 Å². The largest absolute Gasteiger partial charge is 0.375 e. The molecule has 12 heavy (non-hydrogen) atoms. The summed E-state index contributed by atoms with van der Waals surface area (Å²) < 4.78 is 0. The fourth-order valence-electron chi connectivity index (χ4n) is 0.918. The Morgan fingerprint density at radius 1 is 1.67 bits per heavy atom. The zero-order chi connectivity index (χ0) is 8.27. The summed E-state index contributed by atoms with van der Waals surface area (Å²) in [7, 11) is 0. The second kappa shape index (κ2) is 5.38. The molecule has 0 saturated carbocycles. The standard InChI is InChI=1S/C8H14N2S.ClH/c1-3-6(2)4-7-5-11-8(9)10-7;/h5-6H,3-4H2,1-2H3,(H2,9,10);1H. The number of aromatic nitrogens is 1. The summed E-state index contributed by atoms with van der Waals surface area (Å²) in [5, 5.41) is 2.73. The van der Waals surface area contributed by atoms with Gasteiger partial charge in [0.2, 0.25) is 0 Å². The van der Waals surface area contributed by atoms with Gasteiger partial charge in [-0.05, 0) is 12.3 Å². The Bertz CT molecular complexity index is 225. The van der Waals surface area contributed by atoms with Crippen molar-refractivity contribution < 1.29 is 0 Å². The molecule has 0 aliphatic heterocycles. The monoisotopic (exact) mass is 206 g/mol. The highest BCUT2D eigenvalue weighted by molar-refractivity contribution is 7.13. The molecule has 1 atom stereocenters. The first-order valence-corrected chi connectivity index (χ1v) is 4.80. The third-order valence-corrected chi connectivity index (χ3v) is 2.55. The molecule has 70 valence electrons. The van der Waals surface area contributed by atoms with E-state index in [1.807, 2.05) is 5.38 Å². The van der Waals surface area contributed by atoms with E-state index in [1.54, 1.807) is 0 Å². The van der Waals surface area contributed by atoms with Gasteiger partial charge in [0.05, 0.1) is 5.69 Å². The van der Waals surface area contributed by atoms with Gasteiger partial charge in [0.1, 0.15) is 0 Å². The molecule has 0 spiro atoms. The minimum absolute atomic E-state index is 0. The third-order valence-electron chi connectivity index (χ3n) is 1.82. The van der Waals surface area contributed by atoms with E-state index in [-0.39, 0.29) is 12.4 Å². The highest BCUT2D eigenvalue weighted by atomic mass is 35.5. The summed E-state index contributed by atoms with van der Waals surface area (Å²) in [6.45, 7) is 4.43. The summed E-state index contributed by atoms with van der Waals surface area (Å²) in [6.07, 6.45) is 2.27. The van der Waals surface area contributed by atoms with Crippen molar-refractivity contribution in [2.24, 2.45) is 5.92 Å². The molecule has 0 fully saturated rings. The molecule has 0 saturated heterocycles. The van der Waals surface area contributed by atoms with Gasteiger partial charge in [-0.2, -0.15) is 0 Å². The van der Waals surface area contributed by atoms with Crippen molar-refractivity contribution in [3.63, 3.8) is 0 Å². The smallest absolute Gasteiger partial charge is 0.180 e. The maximum absolute atomic E-state index is 5.50. The summed E-state index contributed by atoms with van der Waals surface area (Å²) >= 11 is 1.52. The van der Waals surface area contributed by atoms with Gasteiger partial charge in [0.15, 0.2) is 5.13 Å². The van der Waals surface area contributed by atoms with Gasteiger partial charge < -0.3 is 5.73 Å². The van der Waals surface area contributed by atoms with Crippen molar-refractivity contribution in [3.8, 4) is 0 Å². The van der Waals surface area contributed by atoms with Crippen LogP contribution in [-0.2, 0) is 6.42 Å². The molecule has 0 radical (unpaired) electrons. The van der Waals surface area contributed by atoms with Crippen LogP contribution in [0.4, 0.5) is 5.13 Å². The molecule has 4 heteroatoms. The van der Waals surface area contributed by atoms with Crippen LogP contribution in [0.1, 0.15) is 26.0 Å². The number of hydrogen-bond acceptors (Lipinski definition) is 3. The SMILES string of the molecule is CCC(C)Cc1csc(N)n1.Cl. The summed E-state index contributed by atoms with van der Waals surface area (Å²) in [5.41, 5.74) is 6.64. The first-order chi connectivity index (χ1) is 5.22. The normalized spacial score (nSPS) is 12.2. The minimum Gasteiger partial charge on any atom is -0.375 e. The number of nitrogens with two attached hydrogens (primary N) is 1. The van der Waals surface area contributed by atoms with E-state index in [0.717, 1.165) is 18.0 Å². The van der Waals surface area contributed by atoms with Gasteiger partial charge in [-0.1, -0.05) is 20.3 Å². The number of rotatable bonds is 3. The number of nitrogens with zero attached hydrogens (tertiary/aromatic N) is 1. The topological polar surface area (TPSA) is 38.9 Å². The Balaban J connectivity index is 0.00000121. The molecule has 1 aromatic rings. The van der Waals surface area contributed by atoms with E-state index in [2.05, 4.69) is 18.8 Å². The van der Waals surface area contributed by atoms with Crippen LogP contribution in [0.5, 0.6) is 0 Å². The lowest BCUT2D eigenvalue weighted by molar-refractivity contribution is 0.554. The summed E-state index contributed by atoms with van der Waals surface area (Å²) in [4.78, 5) is 4.19. The number of anilines is 1.